The van der Waals surface area contributed by atoms with Gasteiger partial charge in [-0.25, -0.2) is 0 Å². The van der Waals surface area contributed by atoms with Crippen molar-refractivity contribution in [1.82, 2.24) is 5.32 Å². The van der Waals surface area contributed by atoms with Crippen LogP contribution in [0.15, 0.2) is 0 Å². The van der Waals surface area contributed by atoms with Crippen LogP contribution in [0.3, 0.4) is 0 Å². The van der Waals surface area contributed by atoms with Crippen LogP contribution >= 0.6 is 0 Å². The number of nitrogens with one attached hydrogen (secondary N) is 1. The van der Waals surface area contributed by atoms with E-state index in [1.54, 1.807) is 0 Å². The van der Waals surface area contributed by atoms with E-state index in [1.165, 1.54) is 38.8 Å². The molecule has 0 saturated heterocycles. The quantitative estimate of drug-likeness (QED) is 0.585. The Hall–Kier alpha value is -0.0800. The van der Waals surface area contributed by atoms with Crippen LogP contribution in [0.1, 0.15) is 39.5 Å². The summed E-state index contributed by atoms with van der Waals surface area (Å²) in [5.41, 5.74) is 5.56. The van der Waals surface area contributed by atoms with Gasteiger partial charge >= 0.3 is 0 Å². The van der Waals surface area contributed by atoms with Crippen molar-refractivity contribution >= 4 is 0 Å². The molecule has 14 heavy (non-hydrogen) atoms. The van der Waals surface area contributed by atoms with E-state index in [2.05, 4.69) is 19.2 Å². The molecule has 0 aromatic rings. The third kappa shape index (κ3) is 4.97. The Labute approximate surface area is 88.6 Å². The van der Waals surface area contributed by atoms with E-state index in [0.717, 1.165) is 18.4 Å². The number of hydrogen-bond acceptors (Lipinski definition) is 2. The minimum atomic E-state index is 0.692. The van der Waals surface area contributed by atoms with Gasteiger partial charge in [0.25, 0.3) is 0 Å². The highest BCUT2D eigenvalue weighted by molar-refractivity contribution is 4.79. The van der Waals surface area contributed by atoms with Gasteiger partial charge in [-0.2, -0.15) is 0 Å². The SMILES string of the molecule is CC(CN)CCCNCC(C)C1CC1. The van der Waals surface area contributed by atoms with E-state index in [-0.39, 0.29) is 0 Å². The zero-order valence-electron chi connectivity index (χ0n) is 9.76. The molecule has 2 heteroatoms. The molecule has 0 aliphatic heterocycles. The number of nitrogens with two attached hydrogens (primary N) is 1. The molecule has 2 nitrogen and oxygen atoms in total. The van der Waals surface area contributed by atoms with Gasteiger partial charge in [0.1, 0.15) is 0 Å². The first-order chi connectivity index (χ1) is 6.74. The molecule has 1 rings (SSSR count). The molecule has 1 aliphatic carbocycles. The van der Waals surface area contributed by atoms with Crippen molar-refractivity contribution in [3.8, 4) is 0 Å². The molecule has 0 spiro atoms. The average molecular weight is 198 g/mol. The fourth-order valence-electron chi connectivity index (χ4n) is 1.86. The lowest BCUT2D eigenvalue weighted by Crippen LogP contribution is -2.24. The second-order valence-corrected chi connectivity index (χ2v) is 5.00. The van der Waals surface area contributed by atoms with Gasteiger partial charge in [-0.3, -0.25) is 0 Å². The third-order valence-corrected chi connectivity index (χ3v) is 3.35. The Morgan fingerprint density at radius 2 is 2.07 bits per heavy atom. The Morgan fingerprint density at radius 3 is 2.64 bits per heavy atom. The molecule has 2 atom stereocenters. The van der Waals surface area contributed by atoms with E-state index in [4.69, 9.17) is 5.73 Å². The summed E-state index contributed by atoms with van der Waals surface area (Å²) in [6.45, 7) is 7.81. The summed E-state index contributed by atoms with van der Waals surface area (Å²) in [6.07, 6.45) is 5.47. The summed E-state index contributed by atoms with van der Waals surface area (Å²) in [6, 6.07) is 0. The van der Waals surface area contributed by atoms with Gasteiger partial charge in [-0.1, -0.05) is 13.8 Å². The van der Waals surface area contributed by atoms with Crippen molar-refractivity contribution in [2.24, 2.45) is 23.5 Å². The molecular weight excluding hydrogens is 172 g/mol. The van der Waals surface area contributed by atoms with Crippen LogP contribution in [0.4, 0.5) is 0 Å². The molecule has 2 unspecified atom stereocenters. The summed E-state index contributed by atoms with van der Waals surface area (Å²) in [5.74, 6) is 2.62. The minimum absolute atomic E-state index is 0.692. The first kappa shape index (κ1) is 12.0. The third-order valence-electron chi connectivity index (χ3n) is 3.35. The van der Waals surface area contributed by atoms with Gasteiger partial charge in [-0.05, 0) is 63.1 Å². The molecule has 0 aromatic carbocycles. The van der Waals surface area contributed by atoms with Crippen LogP contribution < -0.4 is 11.1 Å². The van der Waals surface area contributed by atoms with Crippen LogP contribution in [-0.4, -0.2) is 19.6 Å². The Bertz CT molecular complexity index is 143. The van der Waals surface area contributed by atoms with Crippen molar-refractivity contribution in [3.05, 3.63) is 0 Å². The lowest BCUT2D eigenvalue weighted by molar-refractivity contribution is 0.442. The summed E-state index contributed by atoms with van der Waals surface area (Å²) >= 11 is 0. The van der Waals surface area contributed by atoms with Gasteiger partial charge in [-0.15, -0.1) is 0 Å². The van der Waals surface area contributed by atoms with Gasteiger partial charge in [0.15, 0.2) is 0 Å². The lowest BCUT2D eigenvalue weighted by Gasteiger charge is -2.12. The smallest absolute Gasteiger partial charge is 0.00205 e. The summed E-state index contributed by atoms with van der Waals surface area (Å²) in [4.78, 5) is 0. The second kappa shape index (κ2) is 6.41. The second-order valence-electron chi connectivity index (χ2n) is 5.00. The summed E-state index contributed by atoms with van der Waals surface area (Å²) in [7, 11) is 0. The van der Waals surface area contributed by atoms with Gasteiger partial charge in [0.05, 0.1) is 0 Å². The first-order valence-corrected chi connectivity index (χ1v) is 6.14. The molecule has 0 heterocycles. The summed E-state index contributed by atoms with van der Waals surface area (Å²) in [5, 5.41) is 3.55. The molecule has 84 valence electrons. The fraction of sp³-hybridized carbons (Fsp3) is 1.00. The Morgan fingerprint density at radius 1 is 1.36 bits per heavy atom. The highest BCUT2D eigenvalue weighted by Gasteiger charge is 2.27. The van der Waals surface area contributed by atoms with E-state index in [1.807, 2.05) is 0 Å². The molecule has 1 saturated carbocycles. The van der Waals surface area contributed by atoms with Gasteiger partial charge in [0.2, 0.25) is 0 Å². The van der Waals surface area contributed by atoms with Crippen LogP contribution in [0.5, 0.6) is 0 Å². The first-order valence-electron chi connectivity index (χ1n) is 6.14. The predicted octanol–water partition coefficient (Wildman–Crippen LogP) is 2.00. The van der Waals surface area contributed by atoms with E-state index < -0.39 is 0 Å². The molecule has 1 fully saturated rings. The predicted molar refractivity (Wildman–Crippen MR) is 62.2 cm³/mol. The minimum Gasteiger partial charge on any atom is -0.330 e. The van der Waals surface area contributed by atoms with E-state index in [0.29, 0.717) is 5.92 Å². The monoisotopic (exact) mass is 198 g/mol. The Kier molecular flexibility index (Phi) is 5.49. The lowest BCUT2D eigenvalue weighted by atomic mass is 10.1. The van der Waals surface area contributed by atoms with Crippen LogP contribution in [0.2, 0.25) is 0 Å². The molecule has 0 amide bonds. The standard InChI is InChI=1S/C12H26N2/c1-10(8-13)4-3-7-14-9-11(2)12-5-6-12/h10-12,14H,3-9,13H2,1-2H3. The van der Waals surface area contributed by atoms with Crippen molar-refractivity contribution < 1.29 is 0 Å². The van der Waals surface area contributed by atoms with Crippen LogP contribution in [0, 0.1) is 17.8 Å². The summed E-state index contributed by atoms with van der Waals surface area (Å²) < 4.78 is 0. The van der Waals surface area contributed by atoms with Crippen molar-refractivity contribution in [1.29, 1.82) is 0 Å². The molecule has 3 N–H and O–H groups in total. The maximum absolute atomic E-state index is 5.56. The highest BCUT2D eigenvalue weighted by atomic mass is 14.9. The maximum Gasteiger partial charge on any atom is -0.00205 e. The maximum atomic E-state index is 5.56. The highest BCUT2D eigenvalue weighted by Crippen LogP contribution is 2.35. The topological polar surface area (TPSA) is 38.0 Å². The van der Waals surface area contributed by atoms with Crippen molar-refractivity contribution in [3.63, 3.8) is 0 Å². The van der Waals surface area contributed by atoms with Gasteiger partial charge < -0.3 is 11.1 Å². The van der Waals surface area contributed by atoms with E-state index >= 15 is 0 Å². The van der Waals surface area contributed by atoms with Crippen LogP contribution in [-0.2, 0) is 0 Å². The molecule has 0 radical (unpaired) electrons. The average Bonchev–Trinajstić information content (AvgIpc) is 2.99. The normalized spacial score (nSPS) is 20.8. The zero-order valence-corrected chi connectivity index (χ0v) is 9.76. The zero-order chi connectivity index (χ0) is 10.4. The number of rotatable bonds is 8. The molecule has 1 aliphatic rings. The van der Waals surface area contributed by atoms with Crippen molar-refractivity contribution in [2.75, 3.05) is 19.6 Å². The van der Waals surface area contributed by atoms with E-state index in [9.17, 15) is 0 Å². The van der Waals surface area contributed by atoms with Crippen molar-refractivity contribution in [2.45, 2.75) is 39.5 Å². The fourth-order valence-corrected chi connectivity index (χ4v) is 1.86. The molecule has 0 aromatic heterocycles. The van der Waals surface area contributed by atoms with Crippen LogP contribution in [0.25, 0.3) is 0 Å². The largest absolute Gasteiger partial charge is 0.330 e. The molecule has 0 bridgehead atoms. The number of hydrogen-bond donors (Lipinski definition) is 2. The molecular formula is C12H26N2. The Balaban J connectivity index is 1.83. The van der Waals surface area contributed by atoms with Gasteiger partial charge in [0, 0.05) is 0 Å².